The van der Waals surface area contributed by atoms with Gasteiger partial charge in [0.05, 0.1) is 0 Å². The summed E-state index contributed by atoms with van der Waals surface area (Å²) in [5.74, 6) is 0. The van der Waals surface area contributed by atoms with Crippen LogP contribution in [0.25, 0.3) is 0 Å². The van der Waals surface area contributed by atoms with E-state index in [9.17, 15) is 0 Å². The molecular formula is C15H20. The lowest BCUT2D eigenvalue weighted by atomic mass is 9.67. The summed E-state index contributed by atoms with van der Waals surface area (Å²) in [4.78, 5) is 0. The molecule has 0 N–H and O–H groups in total. The molecule has 0 aliphatic heterocycles. The molecule has 0 saturated heterocycles. The lowest BCUT2D eigenvalue weighted by molar-refractivity contribution is 0.295. The normalized spacial score (nSPS) is 19.7. The van der Waals surface area contributed by atoms with Crippen molar-refractivity contribution >= 4 is 0 Å². The molecule has 0 amide bonds. The van der Waals surface area contributed by atoms with Crippen molar-refractivity contribution in [3.05, 3.63) is 48.6 Å². The zero-order valence-corrected chi connectivity index (χ0v) is 9.41. The Morgan fingerprint density at radius 1 is 1.07 bits per heavy atom. The Morgan fingerprint density at radius 2 is 1.73 bits per heavy atom. The summed E-state index contributed by atoms with van der Waals surface area (Å²) in [5.41, 5.74) is 1.92. The molecule has 0 bridgehead atoms. The van der Waals surface area contributed by atoms with Gasteiger partial charge in [-0.3, -0.25) is 0 Å². The second kappa shape index (κ2) is 4.65. The summed E-state index contributed by atoms with van der Waals surface area (Å²) in [6.45, 7) is 3.93. The van der Waals surface area contributed by atoms with Gasteiger partial charge in [-0.25, -0.2) is 0 Å². The number of hydrogen-bond donors (Lipinski definition) is 0. The molecule has 0 spiro atoms. The average molecular weight is 200 g/mol. The van der Waals surface area contributed by atoms with Crippen LogP contribution in [0, 0.1) is 0 Å². The standard InChI is InChI=1S/C15H20/c1-2-11-15(12-7-4-8-13-15)14-9-5-3-6-10-14/h2-3,5-6,9-10H,1,4,7-8,11-13H2. The van der Waals surface area contributed by atoms with Crippen LogP contribution in [0.2, 0.25) is 0 Å². The van der Waals surface area contributed by atoms with Crippen molar-refractivity contribution in [2.24, 2.45) is 0 Å². The molecule has 15 heavy (non-hydrogen) atoms. The van der Waals surface area contributed by atoms with Crippen molar-refractivity contribution in [3.8, 4) is 0 Å². The third kappa shape index (κ3) is 2.14. The zero-order chi connectivity index (χ0) is 10.6. The van der Waals surface area contributed by atoms with Gasteiger partial charge in [-0.1, -0.05) is 55.7 Å². The van der Waals surface area contributed by atoms with Crippen molar-refractivity contribution < 1.29 is 0 Å². The molecule has 0 atom stereocenters. The van der Waals surface area contributed by atoms with E-state index in [2.05, 4.69) is 43.0 Å². The summed E-state index contributed by atoms with van der Waals surface area (Å²) < 4.78 is 0. The number of hydrogen-bond acceptors (Lipinski definition) is 0. The minimum absolute atomic E-state index is 0.404. The molecule has 1 fully saturated rings. The number of rotatable bonds is 3. The lowest BCUT2D eigenvalue weighted by Crippen LogP contribution is -2.28. The third-order valence-corrected chi connectivity index (χ3v) is 3.73. The summed E-state index contributed by atoms with van der Waals surface area (Å²) in [7, 11) is 0. The fourth-order valence-corrected chi connectivity index (χ4v) is 2.91. The molecule has 0 unspecified atom stereocenters. The highest BCUT2D eigenvalue weighted by Gasteiger charge is 2.32. The molecule has 80 valence electrons. The van der Waals surface area contributed by atoms with E-state index in [1.165, 1.54) is 37.7 Å². The third-order valence-electron chi connectivity index (χ3n) is 3.73. The molecule has 0 heteroatoms. The van der Waals surface area contributed by atoms with E-state index in [0.29, 0.717) is 5.41 Å². The van der Waals surface area contributed by atoms with E-state index in [1.54, 1.807) is 0 Å². The van der Waals surface area contributed by atoms with Crippen molar-refractivity contribution in [1.82, 2.24) is 0 Å². The van der Waals surface area contributed by atoms with Crippen LogP contribution in [0.4, 0.5) is 0 Å². The second-order valence-electron chi connectivity index (χ2n) is 4.70. The predicted octanol–water partition coefficient (Wildman–Crippen LogP) is 4.46. The smallest absolute Gasteiger partial charge is 0.00126 e. The van der Waals surface area contributed by atoms with E-state index in [1.807, 2.05) is 0 Å². The van der Waals surface area contributed by atoms with Crippen LogP contribution in [0.15, 0.2) is 43.0 Å². The summed E-state index contributed by atoms with van der Waals surface area (Å²) in [6.07, 6.45) is 10.1. The predicted molar refractivity (Wildman–Crippen MR) is 66.0 cm³/mol. The molecule has 0 aromatic heterocycles. The Morgan fingerprint density at radius 3 is 2.33 bits per heavy atom. The molecule has 0 radical (unpaired) electrons. The zero-order valence-electron chi connectivity index (χ0n) is 9.41. The highest BCUT2D eigenvalue weighted by Crippen LogP contribution is 2.42. The Bertz CT molecular complexity index is 304. The van der Waals surface area contributed by atoms with E-state index >= 15 is 0 Å². The van der Waals surface area contributed by atoms with Crippen molar-refractivity contribution in [3.63, 3.8) is 0 Å². The first-order chi connectivity index (χ1) is 7.37. The highest BCUT2D eigenvalue weighted by molar-refractivity contribution is 5.26. The van der Waals surface area contributed by atoms with Crippen LogP contribution in [0.1, 0.15) is 44.1 Å². The Balaban J connectivity index is 2.29. The highest BCUT2D eigenvalue weighted by atomic mass is 14.4. The number of benzene rings is 1. The molecule has 1 aliphatic rings. The first-order valence-corrected chi connectivity index (χ1v) is 6.04. The first-order valence-electron chi connectivity index (χ1n) is 6.04. The quantitative estimate of drug-likeness (QED) is 0.632. The fourth-order valence-electron chi connectivity index (χ4n) is 2.91. The maximum atomic E-state index is 3.93. The van der Waals surface area contributed by atoms with Gasteiger partial charge in [0.1, 0.15) is 0 Å². The van der Waals surface area contributed by atoms with Gasteiger partial charge < -0.3 is 0 Å². The van der Waals surface area contributed by atoms with Crippen molar-refractivity contribution in [2.45, 2.75) is 43.9 Å². The molecule has 1 aromatic rings. The molecule has 0 heterocycles. The maximum Gasteiger partial charge on any atom is -0.00126 e. The van der Waals surface area contributed by atoms with E-state index in [-0.39, 0.29) is 0 Å². The van der Waals surface area contributed by atoms with Crippen molar-refractivity contribution in [1.29, 1.82) is 0 Å². The fraction of sp³-hybridized carbons (Fsp3) is 0.467. The van der Waals surface area contributed by atoms with Crippen LogP contribution in [-0.2, 0) is 5.41 Å². The van der Waals surface area contributed by atoms with Crippen LogP contribution < -0.4 is 0 Å². The van der Waals surface area contributed by atoms with Crippen LogP contribution in [-0.4, -0.2) is 0 Å². The SMILES string of the molecule is C=CCC1(c2ccccc2)CCCCC1. The lowest BCUT2D eigenvalue weighted by Gasteiger charge is -2.37. The van der Waals surface area contributed by atoms with Gasteiger partial charge >= 0.3 is 0 Å². The Kier molecular flexibility index (Phi) is 3.25. The van der Waals surface area contributed by atoms with Gasteiger partial charge in [0.25, 0.3) is 0 Å². The summed E-state index contributed by atoms with van der Waals surface area (Å²) in [6, 6.07) is 11.0. The van der Waals surface area contributed by atoms with Gasteiger partial charge in [-0.15, -0.1) is 6.58 Å². The monoisotopic (exact) mass is 200 g/mol. The molecule has 2 rings (SSSR count). The molecule has 1 aromatic carbocycles. The Hall–Kier alpha value is -1.04. The van der Waals surface area contributed by atoms with Crippen molar-refractivity contribution in [2.75, 3.05) is 0 Å². The molecular weight excluding hydrogens is 180 g/mol. The van der Waals surface area contributed by atoms with Gasteiger partial charge in [-0.05, 0) is 30.2 Å². The van der Waals surface area contributed by atoms with Crippen LogP contribution >= 0.6 is 0 Å². The topological polar surface area (TPSA) is 0 Å². The number of allylic oxidation sites excluding steroid dienone is 1. The van der Waals surface area contributed by atoms with Gasteiger partial charge in [0, 0.05) is 0 Å². The van der Waals surface area contributed by atoms with Crippen LogP contribution in [0.5, 0.6) is 0 Å². The minimum atomic E-state index is 0.404. The van der Waals surface area contributed by atoms with Crippen LogP contribution in [0.3, 0.4) is 0 Å². The van der Waals surface area contributed by atoms with Gasteiger partial charge in [0.2, 0.25) is 0 Å². The first kappa shape index (κ1) is 10.5. The minimum Gasteiger partial charge on any atom is -0.103 e. The molecule has 0 nitrogen and oxygen atoms in total. The van der Waals surface area contributed by atoms with E-state index in [0.717, 1.165) is 6.42 Å². The molecule has 1 saturated carbocycles. The van der Waals surface area contributed by atoms with Gasteiger partial charge in [0.15, 0.2) is 0 Å². The Labute approximate surface area is 93.0 Å². The van der Waals surface area contributed by atoms with E-state index < -0.39 is 0 Å². The van der Waals surface area contributed by atoms with E-state index in [4.69, 9.17) is 0 Å². The summed E-state index contributed by atoms with van der Waals surface area (Å²) in [5, 5.41) is 0. The summed E-state index contributed by atoms with van der Waals surface area (Å²) >= 11 is 0. The average Bonchev–Trinajstić information content (AvgIpc) is 2.32. The molecule has 1 aliphatic carbocycles. The largest absolute Gasteiger partial charge is 0.103 e. The second-order valence-corrected chi connectivity index (χ2v) is 4.70. The van der Waals surface area contributed by atoms with Gasteiger partial charge in [-0.2, -0.15) is 0 Å². The maximum absolute atomic E-state index is 3.93.